The fourth-order valence-electron chi connectivity index (χ4n) is 6.16. The molecule has 0 saturated heterocycles. The minimum absolute atomic E-state index is 0.0539. The molecular weight excluding hydrogens is 722 g/mol. The number of rotatable bonds is 16. The zero-order valence-corrected chi connectivity index (χ0v) is 30.0. The Morgan fingerprint density at radius 2 is 1.40 bits per heavy atom. The molecule has 0 bridgehead atoms. The molecule has 1 fully saturated rings. The predicted molar refractivity (Wildman–Crippen MR) is 191 cm³/mol. The van der Waals surface area contributed by atoms with Crippen molar-refractivity contribution in [2.75, 3.05) is 24.1 Å². The summed E-state index contributed by atoms with van der Waals surface area (Å²) < 4.78 is 104. The molecule has 1 aliphatic carbocycles. The lowest BCUT2D eigenvalue weighted by atomic mass is 9.81. The van der Waals surface area contributed by atoms with E-state index in [2.05, 4.69) is 13.8 Å². The number of sulfonamides is 1. The second-order valence-electron chi connectivity index (χ2n) is 12.7. The van der Waals surface area contributed by atoms with E-state index in [1.165, 1.54) is 18.2 Å². The maximum Gasteiger partial charge on any atom is 0.534 e. The third-order valence-electron chi connectivity index (χ3n) is 8.65. The molecule has 5 rings (SSSR count). The number of nitrogens with zero attached hydrogens (tertiary/aromatic N) is 1. The number of benzene rings is 4. The summed E-state index contributed by atoms with van der Waals surface area (Å²) in [6.07, 6.45) is 3.29. The van der Waals surface area contributed by atoms with Crippen molar-refractivity contribution in [1.82, 2.24) is 4.90 Å². The first kappa shape index (κ1) is 38.9. The third-order valence-corrected chi connectivity index (χ3v) is 10.2. The molecule has 0 heterocycles. The normalized spacial score (nSPS) is 17.3. The van der Waals surface area contributed by atoms with E-state index in [1.807, 2.05) is 60.7 Å². The molecule has 1 aliphatic rings. The highest BCUT2D eigenvalue weighted by molar-refractivity contribution is 7.92. The van der Waals surface area contributed by atoms with Crippen LogP contribution in [0.25, 0.3) is 0 Å². The average Bonchev–Trinajstić information content (AvgIpc) is 3.10. The van der Waals surface area contributed by atoms with Gasteiger partial charge in [0.15, 0.2) is 0 Å². The molecular formula is C37H41F3N2O8S2. The summed E-state index contributed by atoms with van der Waals surface area (Å²) in [5.74, 6) is 0.381. The fourth-order valence-corrected chi connectivity index (χ4v) is 7.18. The smallest absolute Gasteiger partial charge is 0.491 e. The maximum absolute atomic E-state index is 12.7. The summed E-state index contributed by atoms with van der Waals surface area (Å²) in [6.45, 7) is 1.07. The molecule has 4 aromatic carbocycles. The van der Waals surface area contributed by atoms with Crippen molar-refractivity contribution in [2.45, 2.75) is 62.4 Å². The summed E-state index contributed by atoms with van der Waals surface area (Å²) in [4.78, 5) is 2.22. The van der Waals surface area contributed by atoms with E-state index in [4.69, 9.17) is 9.47 Å². The van der Waals surface area contributed by atoms with E-state index in [1.54, 1.807) is 24.3 Å². The van der Waals surface area contributed by atoms with Crippen molar-refractivity contribution in [3.8, 4) is 17.2 Å². The number of ether oxygens (including phenoxy) is 2. The van der Waals surface area contributed by atoms with Crippen molar-refractivity contribution >= 4 is 25.8 Å². The second-order valence-corrected chi connectivity index (χ2v) is 16.0. The summed E-state index contributed by atoms with van der Waals surface area (Å²) in [6, 6.07) is 29.9. The van der Waals surface area contributed by atoms with Gasteiger partial charge in [-0.3, -0.25) is 9.62 Å². The summed E-state index contributed by atoms with van der Waals surface area (Å²) in [5, 5.41) is 11.2. The Morgan fingerprint density at radius 3 is 2.00 bits per heavy atom. The molecule has 52 heavy (non-hydrogen) atoms. The molecule has 10 nitrogen and oxygen atoms in total. The fraction of sp³-hybridized carbons (Fsp3) is 0.351. The van der Waals surface area contributed by atoms with Crippen LogP contribution in [0.4, 0.5) is 18.9 Å². The van der Waals surface area contributed by atoms with Gasteiger partial charge in [0.05, 0.1) is 11.9 Å². The summed E-state index contributed by atoms with van der Waals surface area (Å²) in [7, 11) is -9.38. The van der Waals surface area contributed by atoms with Gasteiger partial charge >= 0.3 is 15.6 Å². The van der Waals surface area contributed by atoms with Crippen molar-refractivity contribution in [2.24, 2.45) is 0 Å². The van der Waals surface area contributed by atoms with E-state index in [0.29, 0.717) is 24.6 Å². The van der Waals surface area contributed by atoms with Gasteiger partial charge in [-0.1, -0.05) is 72.8 Å². The summed E-state index contributed by atoms with van der Waals surface area (Å²) >= 11 is 0. The van der Waals surface area contributed by atoms with Crippen molar-refractivity contribution < 1.29 is 48.8 Å². The minimum atomic E-state index is -5.75. The van der Waals surface area contributed by atoms with Crippen LogP contribution in [0, 0.1) is 0 Å². The van der Waals surface area contributed by atoms with E-state index in [9.17, 15) is 35.1 Å². The Morgan fingerprint density at radius 1 is 0.808 bits per heavy atom. The van der Waals surface area contributed by atoms with Crippen LogP contribution in [0.5, 0.6) is 17.2 Å². The molecule has 0 aromatic heterocycles. The van der Waals surface area contributed by atoms with E-state index >= 15 is 0 Å². The van der Waals surface area contributed by atoms with Crippen LogP contribution in [0.3, 0.4) is 0 Å². The Labute approximate surface area is 302 Å². The molecule has 280 valence electrons. The molecule has 0 unspecified atom stereocenters. The molecule has 4 aromatic rings. The van der Waals surface area contributed by atoms with Crippen LogP contribution < -0.4 is 18.4 Å². The van der Waals surface area contributed by atoms with E-state index < -0.39 is 37.5 Å². The first-order chi connectivity index (χ1) is 24.6. The average molecular weight is 763 g/mol. The SMILES string of the molecule is CS(=O)(=O)Nc1cc(OC[C@@H](O)CN(Cc2ccccc2)C2CCC(c3ccc(OS(=O)(=O)C(F)(F)F)cc3)CC2)ccc1OCc1ccccc1. The van der Waals surface area contributed by atoms with Gasteiger partial charge in [0.1, 0.15) is 36.6 Å². The van der Waals surface area contributed by atoms with Crippen LogP contribution >= 0.6 is 0 Å². The van der Waals surface area contributed by atoms with Crippen molar-refractivity contribution in [3.63, 3.8) is 0 Å². The lowest BCUT2D eigenvalue weighted by molar-refractivity contribution is -0.0500. The lowest BCUT2D eigenvalue weighted by Gasteiger charge is -2.38. The Bertz CT molecular complexity index is 1960. The van der Waals surface area contributed by atoms with Crippen LogP contribution in [0.15, 0.2) is 103 Å². The lowest BCUT2D eigenvalue weighted by Crippen LogP contribution is -2.43. The molecule has 0 amide bonds. The highest BCUT2D eigenvalue weighted by atomic mass is 32.2. The highest BCUT2D eigenvalue weighted by Crippen LogP contribution is 2.37. The Balaban J connectivity index is 1.20. The monoisotopic (exact) mass is 762 g/mol. The molecule has 0 spiro atoms. The zero-order valence-electron chi connectivity index (χ0n) is 28.4. The molecule has 0 aliphatic heterocycles. The zero-order chi connectivity index (χ0) is 37.4. The van der Waals surface area contributed by atoms with E-state index in [-0.39, 0.29) is 30.9 Å². The second kappa shape index (κ2) is 17.0. The summed E-state index contributed by atoms with van der Waals surface area (Å²) in [5.41, 5.74) is -2.44. The van der Waals surface area contributed by atoms with Gasteiger partial charge in [0, 0.05) is 25.2 Å². The number of hydrogen-bond donors (Lipinski definition) is 2. The predicted octanol–water partition coefficient (Wildman–Crippen LogP) is 6.83. The topological polar surface area (TPSA) is 131 Å². The number of halogens is 3. The Hall–Kier alpha value is -4.31. The highest BCUT2D eigenvalue weighted by Gasteiger charge is 2.48. The first-order valence-corrected chi connectivity index (χ1v) is 19.9. The molecule has 0 radical (unpaired) electrons. The van der Waals surface area contributed by atoms with Gasteiger partial charge in [-0.25, -0.2) is 8.42 Å². The van der Waals surface area contributed by atoms with Gasteiger partial charge < -0.3 is 18.8 Å². The molecule has 1 saturated carbocycles. The van der Waals surface area contributed by atoms with Crippen LogP contribution in [0.2, 0.25) is 0 Å². The van der Waals surface area contributed by atoms with E-state index in [0.717, 1.165) is 48.6 Å². The van der Waals surface area contributed by atoms with Crippen molar-refractivity contribution in [3.05, 3.63) is 120 Å². The maximum atomic E-state index is 12.7. The van der Waals surface area contributed by atoms with Crippen LogP contribution in [0.1, 0.15) is 48.3 Å². The quantitative estimate of drug-likeness (QED) is 0.0932. The minimum Gasteiger partial charge on any atom is -0.491 e. The third kappa shape index (κ3) is 11.3. The first-order valence-electron chi connectivity index (χ1n) is 16.6. The number of nitrogens with one attached hydrogen (secondary N) is 1. The van der Waals surface area contributed by atoms with Gasteiger partial charge in [0.25, 0.3) is 0 Å². The number of aliphatic hydroxyl groups excluding tert-OH is 1. The number of hydrogen-bond acceptors (Lipinski definition) is 9. The van der Waals surface area contributed by atoms with Crippen molar-refractivity contribution in [1.29, 1.82) is 0 Å². The van der Waals surface area contributed by atoms with Gasteiger partial charge in [-0.05, 0) is 72.6 Å². The molecule has 15 heteroatoms. The van der Waals surface area contributed by atoms with Gasteiger partial charge in [-0.2, -0.15) is 21.6 Å². The van der Waals surface area contributed by atoms with Crippen LogP contribution in [-0.2, 0) is 33.3 Å². The molecule has 2 N–H and O–H groups in total. The number of anilines is 1. The Kier molecular flexibility index (Phi) is 12.7. The number of alkyl halides is 3. The van der Waals surface area contributed by atoms with Gasteiger partial charge in [0.2, 0.25) is 10.0 Å². The molecule has 1 atom stereocenters. The van der Waals surface area contributed by atoms with Crippen LogP contribution in [-0.4, -0.2) is 63.9 Å². The number of aliphatic hydroxyl groups is 1. The van der Waals surface area contributed by atoms with Gasteiger partial charge in [-0.15, -0.1) is 0 Å². The standard InChI is InChI=1S/C37H41F3N2O8S2/c1-51(44,45)41-35-22-34(20-21-36(35)49-25-28-10-6-3-7-11-28)48-26-32(43)24-42(23-27-8-4-2-5-9-27)31-16-12-29(13-17-31)30-14-18-33(19-15-30)50-52(46,47)37(38,39)40/h2-11,14-15,18-22,29,31-32,41,43H,12-13,16-17,23-26H2,1H3/t29?,31?,32-/m0/s1. The largest absolute Gasteiger partial charge is 0.534 e.